The van der Waals surface area contributed by atoms with Crippen molar-refractivity contribution in [3.63, 3.8) is 0 Å². The van der Waals surface area contributed by atoms with Gasteiger partial charge in [0.05, 0.1) is 10.0 Å². The average molecular weight is 330 g/mol. The standard InChI is InChI=1S/C16H21Cl2NO2/c1-16(2,6-7-20)9-19-15(21)12-8-11(12)10-4-3-5-13(17)14(10)18/h3-5,11-12,20H,6-9H2,1-2H3,(H,19,21). The quantitative estimate of drug-likeness (QED) is 0.837. The lowest BCUT2D eigenvalue weighted by Gasteiger charge is -2.23. The largest absolute Gasteiger partial charge is 0.396 e. The van der Waals surface area contributed by atoms with Gasteiger partial charge in [-0.15, -0.1) is 0 Å². The monoisotopic (exact) mass is 329 g/mol. The Labute approximate surface area is 135 Å². The molecule has 116 valence electrons. The summed E-state index contributed by atoms with van der Waals surface area (Å²) in [6.45, 7) is 4.76. The van der Waals surface area contributed by atoms with Crippen LogP contribution < -0.4 is 5.32 Å². The Morgan fingerprint density at radius 3 is 2.81 bits per heavy atom. The summed E-state index contributed by atoms with van der Waals surface area (Å²) in [4.78, 5) is 12.2. The number of hydrogen-bond donors (Lipinski definition) is 2. The Kier molecular flexibility index (Phi) is 5.18. The summed E-state index contributed by atoms with van der Waals surface area (Å²) in [5, 5.41) is 13.1. The van der Waals surface area contributed by atoms with Gasteiger partial charge in [0.15, 0.2) is 0 Å². The van der Waals surface area contributed by atoms with Gasteiger partial charge >= 0.3 is 0 Å². The molecule has 1 aliphatic rings. The molecule has 2 unspecified atom stereocenters. The van der Waals surface area contributed by atoms with Crippen LogP contribution in [0, 0.1) is 11.3 Å². The Hall–Kier alpha value is -0.770. The maximum atomic E-state index is 12.2. The number of aliphatic hydroxyl groups excluding tert-OH is 1. The summed E-state index contributed by atoms with van der Waals surface area (Å²) in [7, 11) is 0. The van der Waals surface area contributed by atoms with Crippen LogP contribution in [0.5, 0.6) is 0 Å². The van der Waals surface area contributed by atoms with Gasteiger partial charge in [0, 0.05) is 19.1 Å². The number of amides is 1. The van der Waals surface area contributed by atoms with Crippen LogP contribution in [0.4, 0.5) is 0 Å². The Morgan fingerprint density at radius 1 is 1.43 bits per heavy atom. The molecule has 0 heterocycles. The van der Waals surface area contributed by atoms with Crippen molar-refractivity contribution in [3.8, 4) is 0 Å². The second-order valence-electron chi connectivity index (χ2n) is 6.45. The number of carbonyl (C=O) groups is 1. The number of hydrogen-bond acceptors (Lipinski definition) is 2. The van der Waals surface area contributed by atoms with E-state index in [-0.39, 0.29) is 29.8 Å². The summed E-state index contributed by atoms with van der Waals surface area (Å²) in [5.41, 5.74) is 0.863. The van der Waals surface area contributed by atoms with Gasteiger partial charge in [0.25, 0.3) is 0 Å². The van der Waals surface area contributed by atoms with E-state index in [0.29, 0.717) is 23.0 Å². The summed E-state index contributed by atoms with van der Waals surface area (Å²) >= 11 is 12.2. The van der Waals surface area contributed by atoms with E-state index in [4.69, 9.17) is 28.3 Å². The van der Waals surface area contributed by atoms with Crippen molar-refractivity contribution in [2.24, 2.45) is 11.3 Å². The molecule has 21 heavy (non-hydrogen) atoms. The lowest BCUT2D eigenvalue weighted by Crippen LogP contribution is -2.35. The van der Waals surface area contributed by atoms with E-state index in [1.165, 1.54) is 0 Å². The normalized spacial score (nSPS) is 21.2. The van der Waals surface area contributed by atoms with Crippen molar-refractivity contribution in [2.75, 3.05) is 13.2 Å². The molecule has 0 aliphatic heterocycles. The fraction of sp³-hybridized carbons (Fsp3) is 0.562. The molecule has 3 nitrogen and oxygen atoms in total. The molecule has 0 spiro atoms. The molecule has 2 atom stereocenters. The second kappa shape index (κ2) is 6.55. The van der Waals surface area contributed by atoms with Gasteiger partial charge in [-0.05, 0) is 35.8 Å². The van der Waals surface area contributed by atoms with Crippen molar-refractivity contribution in [1.82, 2.24) is 5.32 Å². The Bertz CT molecular complexity index is 531. The predicted molar refractivity (Wildman–Crippen MR) is 85.8 cm³/mol. The highest BCUT2D eigenvalue weighted by molar-refractivity contribution is 6.42. The molecule has 1 fully saturated rings. The summed E-state index contributed by atoms with van der Waals surface area (Å²) in [6, 6.07) is 5.55. The van der Waals surface area contributed by atoms with Crippen molar-refractivity contribution < 1.29 is 9.90 Å². The minimum Gasteiger partial charge on any atom is -0.396 e. The molecular weight excluding hydrogens is 309 g/mol. The van der Waals surface area contributed by atoms with Gasteiger partial charge in [0.2, 0.25) is 5.91 Å². The number of benzene rings is 1. The van der Waals surface area contributed by atoms with Gasteiger partial charge in [-0.2, -0.15) is 0 Å². The zero-order valence-corrected chi connectivity index (χ0v) is 13.8. The third-order valence-corrected chi connectivity index (χ3v) is 4.87. The molecule has 0 aromatic heterocycles. The summed E-state index contributed by atoms with van der Waals surface area (Å²) < 4.78 is 0. The average Bonchev–Trinajstić information content (AvgIpc) is 3.19. The van der Waals surface area contributed by atoms with Gasteiger partial charge in [-0.25, -0.2) is 0 Å². The minimum absolute atomic E-state index is 0.0223. The molecule has 1 aromatic carbocycles. The van der Waals surface area contributed by atoms with Crippen molar-refractivity contribution in [1.29, 1.82) is 0 Å². The number of nitrogens with one attached hydrogen (secondary N) is 1. The molecule has 0 saturated heterocycles. The molecule has 1 saturated carbocycles. The van der Waals surface area contributed by atoms with Gasteiger partial charge in [0.1, 0.15) is 0 Å². The topological polar surface area (TPSA) is 49.3 Å². The molecule has 1 amide bonds. The van der Waals surface area contributed by atoms with E-state index < -0.39 is 0 Å². The van der Waals surface area contributed by atoms with Crippen molar-refractivity contribution in [2.45, 2.75) is 32.6 Å². The number of aliphatic hydroxyl groups is 1. The lowest BCUT2D eigenvalue weighted by atomic mass is 9.89. The van der Waals surface area contributed by atoms with Gasteiger partial charge < -0.3 is 10.4 Å². The predicted octanol–water partition coefficient (Wildman–Crippen LogP) is 3.62. The van der Waals surface area contributed by atoms with Crippen LogP contribution in [-0.4, -0.2) is 24.2 Å². The first-order valence-electron chi connectivity index (χ1n) is 7.18. The summed E-state index contributed by atoms with van der Waals surface area (Å²) in [6.07, 6.45) is 1.48. The van der Waals surface area contributed by atoms with E-state index in [2.05, 4.69) is 5.32 Å². The highest BCUT2D eigenvalue weighted by Gasteiger charge is 2.45. The van der Waals surface area contributed by atoms with Crippen LogP contribution in [0.15, 0.2) is 18.2 Å². The molecule has 5 heteroatoms. The number of carbonyl (C=O) groups excluding carboxylic acids is 1. The van der Waals surface area contributed by atoms with E-state index in [1.54, 1.807) is 6.07 Å². The molecule has 2 rings (SSSR count). The SMILES string of the molecule is CC(C)(CCO)CNC(=O)C1CC1c1cccc(Cl)c1Cl. The lowest BCUT2D eigenvalue weighted by molar-refractivity contribution is -0.122. The second-order valence-corrected chi connectivity index (χ2v) is 7.23. The number of halogens is 2. The molecule has 0 radical (unpaired) electrons. The zero-order chi connectivity index (χ0) is 15.6. The first kappa shape index (κ1) is 16.6. The van der Waals surface area contributed by atoms with Gasteiger partial charge in [-0.1, -0.05) is 49.2 Å². The maximum absolute atomic E-state index is 12.2. The highest BCUT2D eigenvalue weighted by Crippen LogP contribution is 2.50. The fourth-order valence-electron chi connectivity index (χ4n) is 2.48. The Balaban J connectivity index is 1.91. The molecule has 1 aliphatic carbocycles. The van der Waals surface area contributed by atoms with Crippen LogP contribution in [0.2, 0.25) is 10.0 Å². The number of rotatable bonds is 6. The van der Waals surface area contributed by atoms with E-state index in [9.17, 15) is 4.79 Å². The first-order valence-corrected chi connectivity index (χ1v) is 7.94. The van der Waals surface area contributed by atoms with Crippen LogP contribution >= 0.6 is 23.2 Å². The van der Waals surface area contributed by atoms with Crippen LogP contribution in [0.1, 0.15) is 38.2 Å². The first-order chi connectivity index (χ1) is 9.85. The maximum Gasteiger partial charge on any atom is 0.223 e. The van der Waals surface area contributed by atoms with Crippen LogP contribution in [0.3, 0.4) is 0 Å². The smallest absolute Gasteiger partial charge is 0.223 e. The van der Waals surface area contributed by atoms with Crippen molar-refractivity contribution >= 4 is 29.1 Å². The van der Waals surface area contributed by atoms with E-state index >= 15 is 0 Å². The minimum atomic E-state index is -0.0947. The summed E-state index contributed by atoms with van der Waals surface area (Å²) in [5.74, 6) is 0.199. The fourth-order valence-corrected chi connectivity index (χ4v) is 2.93. The molecule has 1 aromatic rings. The molecule has 0 bridgehead atoms. The van der Waals surface area contributed by atoms with Crippen LogP contribution in [-0.2, 0) is 4.79 Å². The highest BCUT2D eigenvalue weighted by atomic mass is 35.5. The third-order valence-electron chi connectivity index (χ3n) is 4.04. The van der Waals surface area contributed by atoms with Gasteiger partial charge in [-0.3, -0.25) is 4.79 Å². The zero-order valence-electron chi connectivity index (χ0n) is 12.3. The third kappa shape index (κ3) is 4.12. The van der Waals surface area contributed by atoms with E-state index in [1.807, 2.05) is 26.0 Å². The van der Waals surface area contributed by atoms with Crippen molar-refractivity contribution in [3.05, 3.63) is 33.8 Å². The van der Waals surface area contributed by atoms with Crippen LogP contribution in [0.25, 0.3) is 0 Å². The molecule has 2 N–H and O–H groups in total. The van der Waals surface area contributed by atoms with E-state index in [0.717, 1.165) is 12.0 Å². The Morgan fingerprint density at radius 2 is 2.14 bits per heavy atom. The molecular formula is C16H21Cl2NO2.